The standard InChI is InChI=1S/C41H56N4O11S2/c1-28(2)25-32(43-35(46)27-55-34-15-9-7-11-29(34)3)37(48)44-33(38(49)54-23-22-53-36(47)16-10-8-14-31-17-24-58(52)57-31)26-41(39(42)50)18-20-45(21-19-41)40(51)56-30-12-5-4-6-13-30/h4-7,9,11-13,15,28,31-33H,8,10,14,16-27H2,1-3H3,(H2,42,50)(H,43,46)(H,44,48)/t31-,32+,33+,58?/m1/s1. The van der Waals surface area contributed by atoms with Crippen LogP contribution in [0, 0.1) is 18.3 Å². The van der Waals surface area contributed by atoms with Gasteiger partial charge in [-0.3, -0.25) is 19.2 Å². The van der Waals surface area contributed by atoms with Gasteiger partial charge in [0.1, 0.15) is 42.5 Å². The first kappa shape index (κ1) is 46.2. The fourth-order valence-electron chi connectivity index (χ4n) is 6.76. The number of nitrogens with one attached hydrogen (secondary N) is 2. The number of carbonyl (C=O) groups excluding carboxylic acids is 6. The molecular formula is C41H56N4O11S2. The largest absolute Gasteiger partial charge is 0.605 e. The van der Waals surface area contributed by atoms with Crippen molar-refractivity contribution in [2.45, 2.75) is 95.9 Å². The Morgan fingerprint density at radius 3 is 2.29 bits per heavy atom. The minimum absolute atomic E-state index is 0.0440. The minimum Gasteiger partial charge on any atom is -0.605 e. The van der Waals surface area contributed by atoms with Crippen LogP contribution in [0.4, 0.5) is 4.79 Å². The summed E-state index contributed by atoms with van der Waals surface area (Å²) < 4.78 is 33.5. The lowest BCUT2D eigenvalue weighted by molar-refractivity contribution is -0.156. The Morgan fingerprint density at radius 2 is 1.64 bits per heavy atom. The predicted octanol–water partition coefficient (Wildman–Crippen LogP) is 4.36. The molecule has 58 heavy (non-hydrogen) atoms. The molecule has 2 aliphatic rings. The van der Waals surface area contributed by atoms with Crippen molar-refractivity contribution in [2.75, 3.05) is 38.7 Å². The molecule has 4 amide bonds. The van der Waals surface area contributed by atoms with E-state index in [1.807, 2.05) is 32.9 Å². The van der Waals surface area contributed by atoms with Crippen molar-refractivity contribution >= 4 is 56.8 Å². The summed E-state index contributed by atoms with van der Waals surface area (Å²) >= 11 is 0. The summed E-state index contributed by atoms with van der Waals surface area (Å²) in [6, 6.07) is 13.3. The van der Waals surface area contributed by atoms with E-state index in [4.69, 9.17) is 24.7 Å². The molecule has 2 aromatic rings. The second-order valence-electron chi connectivity index (χ2n) is 15.0. The zero-order valence-electron chi connectivity index (χ0n) is 33.4. The summed E-state index contributed by atoms with van der Waals surface area (Å²) in [7, 11) is 0.664. The molecule has 0 aromatic heterocycles. The maximum atomic E-state index is 13.9. The molecule has 2 saturated heterocycles. The van der Waals surface area contributed by atoms with Crippen molar-refractivity contribution in [2.24, 2.45) is 17.1 Å². The Labute approximate surface area is 346 Å². The number of carbonyl (C=O) groups is 6. The number of ether oxygens (including phenoxy) is 4. The van der Waals surface area contributed by atoms with Crippen molar-refractivity contribution < 1.29 is 52.3 Å². The highest BCUT2D eigenvalue weighted by molar-refractivity contribution is 8.72. The van der Waals surface area contributed by atoms with Crippen molar-refractivity contribution in [3.8, 4) is 11.5 Å². The third-order valence-electron chi connectivity index (χ3n) is 10.1. The predicted molar refractivity (Wildman–Crippen MR) is 219 cm³/mol. The van der Waals surface area contributed by atoms with E-state index in [2.05, 4.69) is 10.6 Å². The molecule has 4 N–H and O–H groups in total. The Bertz CT molecular complexity index is 1690. The number of hydrogen-bond acceptors (Lipinski definition) is 12. The minimum atomic E-state index is -1.39. The number of amides is 4. The summed E-state index contributed by atoms with van der Waals surface area (Å²) in [5.74, 6) is -1.76. The number of para-hydroxylation sites is 2. The summed E-state index contributed by atoms with van der Waals surface area (Å²) in [4.78, 5) is 80.5. The van der Waals surface area contributed by atoms with E-state index in [-0.39, 0.29) is 70.9 Å². The number of benzene rings is 2. The van der Waals surface area contributed by atoms with Gasteiger partial charge in [0.2, 0.25) is 11.8 Å². The number of rotatable bonds is 21. The number of piperidine rings is 1. The third-order valence-corrected chi connectivity index (χ3v) is 13.5. The fourth-order valence-corrected chi connectivity index (χ4v) is 10.3. The molecule has 4 rings (SSSR count). The Morgan fingerprint density at radius 1 is 0.948 bits per heavy atom. The zero-order chi connectivity index (χ0) is 42.1. The molecule has 4 atom stereocenters. The van der Waals surface area contributed by atoms with Gasteiger partial charge in [0.15, 0.2) is 6.61 Å². The van der Waals surface area contributed by atoms with Gasteiger partial charge in [-0.15, -0.1) is 0 Å². The molecule has 0 aliphatic carbocycles. The van der Waals surface area contributed by atoms with Crippen LogP contribution in [-0.4, -0.2) is 101 Å². The first-order chi connectivity index (χ1) is 27.7. The number of aryl methyl sites for hydroxylation is 1. The number of primary amides is 1. The molecule has 318 valence electrons. The van der Waals surface area contributed by atoms with Crippen LogP contribution in [0.1, 0.15) is 77.2 Å². The number of unbranched alkanes of at least 4 members (excludes halogenated alkanes) is 1. The van der Waals surface area contributed by atoms with Crippen molar-refractivity contribution in [1.82, 2.24) is 15.5 Å². The second kappa shape index (κ2) is 23.2. The van der Waals surface area contributed by atoms with E-state index in [0.717, 1.165) is 24.8 Å². The second-order valence-corrected chi connectivity index (χ2v) is 18.6. The molecule has 2 aromatic carbocycles. The molecule has 2 aliphatic heterocycles. The fraction of sp³-hybridized carbons (Fsp3) is 0.561. The lowest BCUT2D eigenvalue weighted by Crippen LogP contribution is -2.57. The van der Waals surface area contributed by atoms with Gasteiger partial charge >= 0.3 is 18.0 Å². The quantitative estimate of drug-likeness (QED) is 0.0692. The smallest absolute Gasteiger partial charge is 0.415 e. The first-order valence-electron chi connectivity index (χ1n) is 19.7. The molecule has 17 heteroatoms. The van der Waals surface area contributed by atoms with Gasteiger partial charge in [0.25, 0.3) is 5.91 Å². The summed E-state index contributed by atoms with van der Waals surface area (Å²) in [5, 5.41) is 5.76. The van der Waals surface area contributed by atoms with Crippen molar-refractivity contribution in [3.05, 3.63) is 60.2 Å². The van der Waals surface area contributed by atoms with Crippen LogP contribution < -0.4 is 25.8 Å². The summed E-state index contributed by atoms with van der Waals surface area (Å²) in [5.41, 5.74) is 5.49. The van der Waals surface area contributed by atoms with Crippen LogP contribution in [0.25, 0.3) is 0 Å². The molecule has 0 radical (unpaired) electrons. The van der Waals surface area contributed by atoms with E-state index >= 15 is 0 Å². The topological polar surface area (TPSA) is 216 Å². The molecular weight excluding hydrogens is 789 g/mol. The van der Waals surface area contributed by atoms with Crippen LogP contribution in [0.15, 0.2) is 54.6 Å². The van der Waals surface area contributed by atoms with E-state index in [1.54, 1.807) is 42.5 Å². The SMILES string of the molecule is Cc1ccccc1OCC(=O)N[C@@H](CC(C)C)C(=O)N[C@@H](CC1(C(N)=O)CCN(C(=O)Oc2ccccc2)CC1)C(=O)OCCOC(=O)CCCC[C@@H]1CC[S+]([O-])S1. The van der Waals surface area contributed by atoms with Crippen LogP contribution in [0.3, 0.4) is 0 Å². The number of hydrogen-bond donors (Lipinski definition) is 3. The Balaban J connectivity index is 1.39. The highest BCUT2D eigenvalue weighted by Crippen LogP contribution is 2.37. The molecule has 2 fully saturated rings. The van der Waals surface area contributed by atoms with Crippen LogP contribution in [0.5, 0.6) is 11.5 Å². The molecule has 2 heterocycles. The molecule has 0 saturated carbocycles. The summed E-state index contributed by atoms with van der Waals surface area (Å²) in [6.07, 6.45) is 2.89. The first-order valence-corrected chi connectivity index (χ1v) is 22.4. The van der Waals surface area contributed by atoms with Gasteiger partial charge in [0.05, 0.1) is 21.5 Å². The van der Waals surface area contributed by atoms with E-state index in [9.17, 15) is 33.3 Å². The van der Waals surface area contributed by atoms with Crippen LogP contribution >= 0.6 is 10.8 Å². The van der Waals surface area contributed by atoms with Crippen LogP contribution in [-0.2, 0) is 43.7 Å². The normalized spacial score (nSPS) is 18.4. The van der Waals surface area contributed by atoms with Gasteiger partial charge in [0, 0.05) is 36.1 Å². The highest BCUT2D eigenvalue weighted by Gasteiger charge is 2.45. The monoisotopic (exact) mass is 844 g/mol. The highest BCUT2D eigenvalue weighted by atomic mass is 33.1. The molecule has 0 bridgehead atoms. The zero-order valence-corrected chi connectivity index (χ0v) is 35.1. The third kappa shape index (κ3) is 15.0. The molecule has 15 nitrogen and oxygen atoms in total. The average molecular weight is 845 g/mol. The van der Waals surface area contributed by atoms with Gasteiger partial charge < -0.3 is 44.8 Å². The van der Waals surface area contributed by atoms with Crippen LogP contribution in [0.2, 0.25) is 0 Å². The van der Waals surface area contributed by atoms with Gasteiger partial charge in [-0.1, -0.05) is 56.7 Å². The number of esters is 2. The molecule has 0 spiro atoms. The lowest BCUT2D eigenvalue weighted by atomic mass is 9.73. The Hall–Kier alpha value is -4.48. The van der Waals surface area contributed by atoms with E-state index in [0.29, 0.717) is 28.9 Å². The maximum absolute atomic E-state index is 13.9. The number of likely N-dealkylation sites (tertiary alicyclic amines) is 1. The van der Waals surface area contributed by atoms with Gasteiger partial charge in [-0.2, -0.15) is 0 Å². The van der Waals surface area contributed by atoms with Crippen molar-refractivity contribution in [3.63, 3.8) is 0 Å². The summed E-state index contributed by atoms with van der Waals surface area (Å²) in [6.45, 7) is 4.88. The van der Waals surface area contributed by atoms with Crippen molar-refractivity contribution in [1.29, 1.82) is 0 Å². The van der Waals surface area contributed by atoms with Gasteiger partial charge in [-0.25, -0.2) is 9.59 Å². The number of nitrogens with two attached hydrogens (primary N) is 1. The molecule has 1 unspecified atom stereocenters. The lowest BCUT2D eigenvalue weighted by Gasteiger charge is -2.40. The number of nitrogens with zero attached hydrogens (tertiary/aromatic N) is 1. The van der Waals surface area contributed by atoms with Gasteiger partial charge in [-0.05, 0) is 75.1 Å². The van der Waals surface area contributed by atoms with E-state index < -0.39 is 63.5 Å². The Kier molecular flexibility index (Phi) is 18.5. The maximum Gasteiger partial charge on any atom is 0.415 e. The average Bonchev–Trinajstić information content (AvgIpc) is 3.62. The van der Waals surface area contributed by atoms with E-state index in [1.165, 1.54) is 15.7 Å².